The molecule has 0 saturated heterocycles. The fourth-order valence-electron chi connectivity index (χ4n) is 3.06. The molecule has 112 valence electrons. The number of nitrogens with zero attached hydrogens (tertiary/aromatic N) is 1. The summed E-state index contributed by atoms with van der Waals surface area (Å²) in [6.07, 6.45) is 3.43. The average molecular weight is 289 g/mol. The van der Waals surface area contributed by atoms with E-state index in [4.69, 9.17) is 4.98 Å². The third-order valence-corrected chi connectivity index (χ3v) is 4.28. The molecule has 0 aliphatic carbocycles. The van der Waals surface area contributed by atoms with Gasteiger partial charge < -0.3 is 0 Å². The van der Waals surface area contributed by atoms with Crippen molar-refractivity contribution in [3.8, 4) is 11.1 Å². The molecule has 3 aromatic rings. The number of aromatic nitrogens is 1. The third kappa shape index (κ3) is 2.76. The molecule has 1 aromatic heterocycles. The maximum Gasteiger partial charge on any atom is 0.0491 e. The zero-order chi connectivity index (χ0) is 15.5. The summed E-state index contributed by atoms with van der Waals surface area (Å²) in [5, 5.41) is 2.59. The van der Waals surface area contributed by atoms with Crippen LogP contribution in [-0.2, 0) is 6.42 Å². The van der Waals surface area contributed by atoms with E-state index in [9.17, 15) is 0 Å². The second-order valence-corrected chi connectivity index (χ2v) is 6.03. The molecule has 0 N–H and O–H groups in total. The Labute approximate surface area is 133 Å². The van der Waals surface area contributed by atoms with E-state index in [0.29, 0.717) is 0 Å². The molecule has 1 heteroatoms. The predicted molar refractivity (Wildman–Crippen MR) is 95.3 cm³/mol. The van der Waals surface area contributed by atoms with Crippen LogP contribution >= 0.6 is 0 Å². The Bertz CT molecular complexity index is 785. The summed E-state index contributed by atoms with van der Waals surface area (Å²) in [6.45, 7) is 6.49. The van der Waals surface area contributed by atoms with Crippen molar-refractivity contribution < 1.29 is 0 Å². The number of rotatable bonds is 4. The van der Waals surface area contributed by atoms with Gasteiger partial charge in [0.2, 0.25) is 0 Å². The first-order valence-corrected chi connectivity index (χ1v) is 8.16. The third-order valence-electron chi connectivity index (χ3n) is 4.28. The Morgan fingerprint density at radius 1 is 0.864 bits per heavy atom. The normalized spacial score (nSPS) is 11.0. The minimum Gasteiger partial charge on any atom is -0.257 e. The SMILES string of the molecule is CCCCc1nc(C)c2ccccc2c1-c1ccc(C)cc1. The quantitative estimate of drug-likeness (QED) is 0.586. The van der Waals surface area contributed by atoms with Gasteiger partial charge in [-0.25, -0.2) is 0 Å². The van der Waals surface area contributed by atoms with Crippen LogP contribution in [0.2, 0.25) is 0 Å². The Morgan fingerprint density at radius 2 is 1.55 bits per heavy atom. The van der Waals surface area contributed by atoms with Gasteiger partial charge in [0.05, 0.1) is 0 Å². The molecule has 0 spiro atoms. The molecule has 2 aromatic carbocycles. The van der Waals surface area contributed by atoms with Gasteiger partial charge in [-0.1, -0.05) is 67.4 Å². The van der Waals surface area contributed by atoms with Crippen molar-refractivity contribution >= 4 is 10.8 Å². The van der Waals surface area contributed by atoms with Gasteiger partial charge in [-0.15, -0.1) is 0 Å². The average Bonchev–Trinajstić information content (AvgIpc) is 2.54. The predicted octanol–water partition coefficient (Wildman–Crippen LogP) is 5.86. The zero-order valence-electron chi connectivity index (χ0n) is 13.7. The summed E-state index contributed by atoms with van der Waals surface area (Å²) in [5.74, 6) is 0. The molecule has 1 nitrogen and oxygen atoms in total. The Kier molecular flexibility index (Phi) is 4.24. The van der Waals surface area contributed by atoms with Gasteiger partial charge in [0.15, 0.2) is 0 Å². The number of aryl methyl sites for hydroxylation is 3. The second-order valence-electron chi connectivity index (χ2n) is 6.03. The Hall–Kier alpha value is -2.15. The topological polar surface area (TPSA) is 12.9 Å². The highest BCUT2D eigenvalue weighted by molar-refractivity contribution is 5.98. The number of hydrogen-bond acceptors (Lipinski definition) is 1. The van der Waals surface area contributed by atoms with E-state index in [1.54, 1.807) is 0 Å². The van der Waals surface area contributed by atoms with Crippen LogP contribution in [0.1, 0.15) is 36.7 Å². The van der Waals surface area contributed by atoms with Crippen molar-refractivity contribution in [3.63, 3.8) is 0 Å². The molecule has 0 aliphatic rings. The summed E-state index contributed by atoms with van der Waals surface area (Å²) >= 11 is 0. The van der Waals surface area contributed by atoms with Gasteiger partial charge >= 0.3 is 0 Å². The Balaban J connectivity index is 2.28. The number of benzene rings is 2. The summed E-state index contributed by atoms with van der Waals surface area (Å²) in [7, 11) is 0. The molecule has 3 rings (SSSR count). The van der Waals surface area contributed by atoms with Crippen molar-refractivity contribution in [2.24, 2.45) is 0 Å². The highest BCUT2D eigenvalue weighted by atomic mass is 14.7. The van der Waals surface area contributed by atoms with Gasteiger partial charge in [0, 0.05) is 22.3 Å². The summed E-state index contributed by atoms with van der Waals surface area (Å²) in [6, 6.07) is 17.5. The minimum atomic E-state index is 1.05. The molecule has 0 bridgehead atoms. The highest BCUT2D eigenvalue weighted by Crippen LogP contribution is 2.33. The van der Waals surface area contributed by atoms with Crippen molar-refractivity contribution in [2.75, 3.05) is 0 Å². The lowest BCUT2D eigenvalue weighted by atomic mass is 9.93. The molecule has 0 fully saturated rings. The molecule has 0 atom stereocenters. The number of hydrogen-bond donors (Lipinski definition) is 0. The van der Waals surface area contributed by atoms with Crippen LogP contribution in [0.15, 0.2) is 48.5 Å². The summed E-state index contributed by atoms with van der Waals surface area (Å²) in [4.78, 5) is 4.94. The number of pyridine rings is 1. The molecule has 0 saturated carbocycles. The van der Waals surface area contributed by atoms with Gasteiger partial charge in [0.1, 0.15) is 0 Å². The standard InChI is InChI=1S/C21H23N/c1-4-5-10-20-21(17-13-11-15(2)12-14-17)19-9-7-6-8-18(19)16(3)22-20/h6-9,11-14H,4-5,10H2,1-3H3. The highest BCUT2D eigenvalue weighted by Gasteiger charge is 2.13. The van der Waals surface area contributed by atoms with Gasteiger partial charge in [0.25, 0.3) is 0 Å². The molecule has 0 unspecified atom stereocenters. The van der Waals surface area contributed by atoms with E-state index in [-0.39, 0.29) is 0 Å². The van der Waals surface area contributed by atoms with Crippen LogP contribution in [0.4, 0.5) is 0 Å². The largest absolute Gasteiger partial charge is 0.257 e. The molecule has 22 heavy (non-hydrogen) atoms. The minimum absolute atomic E-state index is 1.05. The Morgan fingerprint density at radius 3 is 2.23 bits per heavy atom. The molecular weight excluding hydrogens is 266 g/mol. The number of unbranched alkanes of at least 4 members (excludes halogenated alkanes) is 1. The smallest absolute Gasteiger partial charge is 0.0491 e. The monoisotopic (exact) mass is 289 g/mol. The van der Waals surface area contributed by atoms with Crippen LogP contribution in [0, 0.1) is 13.8 Å². The van der Waals surface area contributed by atoms with E-state index in [0.717, 1.165) is 12.1 Å². The maximum atomic E-state index is 4.94. The first kappa shape index (κ1) is 14.8. The first-order chi connectivity index (χ1) is 10.7. The first-order valence-electron chi connectivity index (χ1n) is 8.16. The van der Waals surface area contributed by atoms with Crippen LogP contribution in [0.3, 0.4) is 0 Å². The number of fused-ring (bicyclic) bond motifs is 1. The van der Waals surface area contributed by atoms with Crippen molar-refractivity contribution in [3.05, 3.63) is 65.5 Å². The van der Waals surface area contributed by atoms with Crippen LogP contribution < -0.4 is 0 Å². The fourth-order valence-corrected chi connectivity index (χ4v) is 3.06. The molecule has 0 amide bonds. The van der Waals surface area contributed by atoms with Gasteiger partial charge in [-0.05, 0) is 37.6 Å². The zero-order valence-corrected chi connectivity index (χ0v) is 13.7. The lowest BCUT2D eigenvalue weighted by molar-refractivity contribution is 0.777. The maximum absolute atomic E-state index is 4.94. The lowest BCUT2D eigenvalue weighted by Crippen LogP contribution is -1.99. The lowest BCUT2D eigenvalue weighted by Gasteiger charge is -2.15. The fraction of sp³-hybridized carbons (Fsp3) is 0.286. The van der Waals surface area contributed by atoms with E-state index in [2.05, 4.69) is 69.3 Å². The van der Waals surface area contributed by atoms with E-state index >= 15 is 0 Å². The van der Waals surface area contributed by atoms with Gasteiger partial charge in [-0.2, -0.15) is 0 Å². The van der Waals surface area contributed by atoms with Crippen LogP contribution in [-0.4, -0.2) is 4.98 Å². The molecule has 1 heterocycles. The molecule has 0 radical (unpaired) electrons. The van der Waals surface area contributed by atoms with Crippen molar-refractivity contribution in [2.45, 2.75) is 40.0 Å². The summed E-state index contributed by atoms with van der Waals surface area (Å²) < 4.78 is 0. The molecular formula is C21H23N. The van der Waals surface area contributed by atoms with Crippen LogP contribution in [0.25, 0.3) is 21.9 Å². The second kappa shape index (κ2) is 6.31. The van der Waals surface area contributed by atoms with E-state index < -0.39 is 0 Å². The van der Waals surface area contributed by atoms with E-state index in [1.165, 1.54) is 46.0 Å². The molecule has 0 aliphatic heterocycles. The van der Waals surface area contributed by atoms with Crippen molar-refractivity contribution in [1.29, 1.82) is 0 Å². The van der Waals surface area contributed by atoms with Crippen molar-refractivity contribution in [1.82, 2.24) is 4.98 Å². The van der Waals surface area contributed by atoms with Crippen LogP contribution in [0.5, 0.6) is 0 Å². The summed E-state index contributed by atoms with van der Waals surface area (Å²) in [5.41, 5.74) is 6.26. The van der Waals surface area contributed by atoms with Gasteiger partial charge in [-0.3, -0.25) is 4.98 Å². The van der Waals surface area contributed by atoms with E-state index in [1.807, 2.05) is 0 Å².